The number of methoxy groups -OCH3 is 1. The van der Waals surface area contributed by atoms with Crippen LogP contribution in [0.5, 0.6) is 5.75 Å². The molecule has 8 heteroatoms. The lowest BCUT2D eigenvalue weighted by molar-refractivity contribution is -0.143. The summed E-state index contributed by atoms with van der Waals surface area (Å²) in [7, 11) is 3.32. The molecule has 0 aromatic heterocycles. The van der Waals surface area contributed by atoms with Crippen molar-refractivity contribution in [3.63, 3.8) is 0 Å². The Morgan fingerprint density at radius 2 is 1.83 bits per heavy atom. The third-order valence-corrected chi connectivity index (χ3v) is 8.74. The Hall–Kier alpha value is -3.20. The molecule has 4 N–H and O–H groups in total. The van der Waals surface area contributed by atoms with E-state index in [1.54, 1.807) is 14.2 Å². The topological polar surface area (TPSA) is 94.1 Å². The van der Waals surface area contributed by atoms with E-state index in [1.807, 2.05) is 31.0 Å². The van der Waals surface area contributed by atoms with Gasteiger partial charge in [-0.25, -0.2) is 10.1 Å². The van der Waals surface area contributed by atoms with Crippen molar-refractivity contribution in [3.8, 4) is 5.75 Å². The summed E-state index contributed by atoms with van der Waals surface area (Å²) in [5.74, 6) is 7.29. The molecule has 3 aromatic rings. The van der Waals surface area contributed by atoms with Gasteiger partial charge < -0.3 is 20.2 Å². The number of nitrogen functional groups attached to an aromatic ring is 1. The van der Waals surface area contributed by atoms with E-state index >= 15 is 0 Å². The fourth-order valence-electron chi connectivity index (χ4n) is 5.44. The Labute approximate surface area is 255 Å². The Morgan fingerprint density at radius 1 is 1.10 bits per heavy atom. The van der Waals surface area contributed by atoms with Crippen LogP contribution in [0.3, 0.4) is 0 Å². The predicted octanol–water partition coefficient (Wildman–Crippen LogP) is 7.02. The molecule has 0 heterocycles. The molecule has 0 bridgehead atoms. The summed E-state index contributed by atoms with van der Waals surface area (Å²) in [4.78, 5) is 14.2. The number of hydrazine groups is 1. The maximum atomic E-state index is 12.8. The Morgan fingerprint density at radius 3 is 2.48 bits per heavy atom. The predicted molar refractivity (Wildman–Crippen MR) is 174 cm³/mol. The number of nitrogens with zero attached hydrogens (tertiary/aromatic N) is 2. The molecule has 3 aromatic carbocycles. The Kier molecular flexibility index (Phi) is 10.8. The van der Waals surface area contributed by atoms with Gasteiger partial charge >= 0.3 is 5.97 Å². The van der Waals surface area contributed by atoms with Crippen LogP contribution in [0.25, 0.3) is 0 Å². The monoisotopic (exact) mass is 590 g/mol. The summed E-state index contributed by atoms with van der Waals surface area (Å²) < 4.78 is 13.5. The van der Waals surface area contributed by atoms with E-state index in [0.29, 0.717) is 35.6 Å². The van der Waals surface area contributed by atoms with Crippen molar-refractivity contribution in [3.05, 3.63) is 82.4 Å². The number of carbonyl (C=O) groups excluding carboxylic acids is 1. The number of ether oxygens (including phenoxy) is 2. The van der Waals surface area contributed by atoms with Crippen molar-refractivity contribution >= 4 is 29.3 Å². The largest absolute Gasteiger partial charge is 0.494 e. The van der Waals surface area contributed by atoms with Gasteiger partial charge in [-0.05, 0) is 96.5 Å². The molecule has 1 aliphatic carbocycles. The SMILES string of the molecule is CCOC(=O)CC(c1ccc(C)c(CN(CC(C)C)Sc2ccccc2C2CC2)c1)c1cc(N)c(N(C)N)c(OC)c1. The van der Waals surface area contributed by atoms with Gasteiger partial charge in [0.1, 0.15) is 11.4 Å². The van der Waals surface area contributed by atoms with Crippen LogP contribution in [0.1, 0.15) is 79.7 Å². The van der Waals surface area contributed by atoms with Crippen LogP contribution in [0.2, 0.25) is 0 Å². The molecule has 1 unspecified atom stereocenters. The van der Waals surface area contributed by atoms with Crippen molar-refractivity contribution < 1.29 is 14.3 Å². The normalized spacial score (nSPS) is 13.8. The van der Waals surface area contributed by atoms with E-state index in [-0.39, 0.29) is 18.3 Å². The zero-order valence-electron chi connectivity index (χ0n) is 25.9. The van der Waals surface area contributed by atoms with E-state index in [0.717, 1.165) is 24.2 Å². The van der Waals surface area contributed by atoms with Gasteiger partial charge in [0.2, 0.25) is 0 Å². The van der Waals surface area contributed by atoms with Gasteiger partial charge in [-0.1, -0.05) is 50.2 Å². The summed E-state index contributed by atoms with van der Waals surface area (Å²) in [5.41, 5.74) is 13.4. The fourth-order valence-corrected chi connectivity index (χ4v) is 6.78. The first-order valence-corrected chi connectivity index (χ1v) is 15.6. The number of aryl methyl sites for hydroxylation is 1. The van der Waals surface area contributed by atoms with Crippen molar-refractivity contribution in [1.82, 2.24) is 4.31 Å². The van der Waals surface area contributed by atoms with Crippen molar-refractivity contribution in [2.45, 2.75) is 70.2 Å². The molecule has 4 rings (SSSR count). The highest BCUT2D eigenvalue weighted by molar-refractivity contribution is 7.97. The second-order valence-electron chi connectivity index (χ2n) is 11.6. The quantitative estimate of drug-likeness (QED) is 0.0680. The van der Waals surface area contributed by atoms with Crippen molar-refractivity contribution in [2.75, 3.05) is 38.1 Å². The summed E-state index contributed by atoms with van der Waals surface area (Å²) >= 11 is 1.86. The molecule has 1 atom stereocenters. The second-order valence-corrected chi connectivity index (χ2v) is 12.8. The van der Waals surface area contributed by atoms with Crippen LogP contribution in [0.4, 0.5) is 11.4 Å². The molecule has 7 nitrogen and oxygen atoms in total. The number of hydrogen-bond donors (Lipinski definition) is 2. The van der Waals surface area contributed by atoms with Crippen LogP contribution in [0.15, 0.2) is 59.5 Å². The molecule has 226 valence electrons. The smallest absolute Gasteiger partial charge is 0.306 e. The highest BCUT2D eigenvalue weighted by atomic mass is 32.2. The first kappa shape index (κ1) is 31.7. The van der Waals surface area contributed by atoms with Crippen molar-refractivity contribution in [1.29, 1.82) is 0 Å². The third kappa shape index (κ3) is 8.00. The summed E-state index contributed by atoms with van der Waals surface area (Å²) in [6.07, 6.45) is 2.75. The highest BCUT2D eigenvalue weighted by Gasteiger charge is 2.27. The van der Waals surface area contributed by atoms with Crippen LogP contribution in [-0.4, -0.2) is 37.6 Å². The molecule has 1 saturated carbocycles. The number of carbonyl (C=O) groups is 1. The minimum atomic E-state index is -0.265. The van der Waals surface area contributed by atoms with Crippen molar-refractivity contribution in [2.24, 2.45) is 11.8 Å². The molecular formula is C34H46N4O3S. The fraction of sp³-hybridized carbons (Fsp3) is 0.441. The van der Waals surface area contributed by atoms with Gasteiger partial charge in [-0.2, -0.15) is 0 Å². The number of esters is 1. The molecule has 0 radical (unpaired) electrons. The van der Waals surface area contributed by atoms with Gasteiger partial charge in [0.05, 0.1) is 25.8 Å². The molecule has 1 aliphatic rings. The summed E-state index contributed by atoms with van der Waals surface area (Å²) in [5, 5.41) is 1.45. The maximum Gasteiger partial charge on any atom is 0.306 e. The molecule has 0 aliphatic heterocycles. The van der Waals surface area contributed by atoms with Gasteiger partial charge in [0.25, 0.3) is 0 Å². The number of rotatable bonds is 14. The van der Waals surface area contributed by atoms with E-state index in [1.165, 1.54) is 39.4 Å². The van der Waals surface area contributed by atoms with Crippen LogP contribution in [0, 0.1) is 12.8 Å². The van der Waals surface area contributed by atoms with Crippen LogP contribution < -0.4 is 21.3 Å². The van der Waals surface area contributed by atoms with Gasteiger partial charge in [-0.15, -0.1) is 0 Å². The average molecular weight is 591 g/mol. The van der Waals surface area contributed by atoms with Crippen LogP contribution in [-0.2, 0) is 16.1 Å². The highest BCUT2D eigenvalue weighted by Crippen LogP contribution is 2.45. The first-order valence-electron chi connectivity index (χ1n) is 14.8. The standard InChI is InChI=1S/C34H46N4O3S/c1-7-41-33(39)19-29(26-17-30(35)34(37(5)36)31(18-26)40-6)25-13-12-23(4)27(16-25)21-38(20-22(2)3)42-32-11-9-8-10-28(32)24-14-15-24/h8-13,16-18,22,24,29H,7,14-15,19-21,35-36H2,1-6H3. The van der Waals surface area contributed by atoms with Crippen LogP contribution >= 0.6 is 11.9 Å². The molecular weight excluding hydrogens is 544 g/mol. The Balaban J connectivity index is 1.70. The Bertz CT molecular complexity index is 1370. The second kappa shape index (κ2) is 14.3. The molecule has 42 heavy (non-hydrogen) atoms. The average Bonchev–Trinajstić information content (AvgIpc) is 3.78. The minimum absolute atomic E-state index is 0.190. The van der Waals surface area contributed by atoms with E-state index in [4.69, 9.17) is 21.1 Å². The van der Waals surface area contributed by atoms with E-state index in [2.05, 4.69) is 67.5 Å². The van der Waals surface area contributed by atoms with Gasteiger partial charge in [0, 0.05) is 31.0 Å². The molecule has 0 spiro atoms. The third-order valence-electron chi connectivity index (χ3n) is 7.63. The zero-order valence-corrected chi connectivity index (χ0v) is 26.7. The van der Waals surface area contributed by atoms with Gasteiger partial charge in [-0.3, -0.25) is 4.79 Å². The molecule has 0 amide bonds. The van der Waals surface area contributed by atoms with E-state index in [9.17, 15) is 4.79 Å². The minimum Gasteiger partial charge on any atom is -0.494 e. The number of nitrogens with two attached hydrogens (primary N) is 2. The molecule has 0 saturated heterocycles. The van der Waals surface area contributed by atoms with Gasteiger partial charge in [0.15, 0.2) is 0 Å². The number of anilines is 2. The zero-order chi connectivity index (χ0) is 30.4. The lowest BCUT2D eigenvalue weighted by Gasteiger charge is -2.26. The lowest BCUT2D eigenvalue weighted by Crippen LogP contribution is -2.26. The summed E-state index contributed by atoms with van der Waals surface area (Å²) in [6, 6.07) is 19.2. The maximum absolute atomic E-state index is 12.8. The number of hydrogen-bond acceptors (Lipinski definition) is 8. The first-order chi connectivity index (χ1) is 20.1. The summed E-state index contributed by atoms with van der Waals surface area (Å²) in [6.45, 7) is 10.6. The number of benzene rings is 3. The molecule has 1 fully saturated rings. The lowest BCUT2D eigenvalue weighted by atomic mass is 9.86. The van der Waals surface area contributed by atoms with E-state index < -0.39 is 0 Å².